The van der Waals surface area contributed by atoms with Crippen LogP contribution in [0.1, 0.15) is 46.9 Å². The van der Waals surface area contributed by atoms with E-state index in [-0.39, 0.29) is 6.03 Å². The van der Waals surface area contributed by atoms with Gasteiger partial charge in [-0.2, -0.15) is 0 Å². The largest absolute Gasteiger partial charge is 0.366 e. The first-order chi connectivity index (χ1) is 11.2. The Bertz CT molecular complexity index is 772. The predicted octanol–water partition coefficient (Wildman–Crippen LogP) is 3.31. The summed E-state index contributed by atoms with van der Waals surface area (Å²) in [7, 11) is 0. The smallest absolute Gasteiger partial charge is 0.320 e. The lowest BCUT2D eigenvalue weighted by atomic mass is 10.0. The number of hydrogen-bond donors (Lipinski definition) is 3. The summed E-state index contributed by atoms with van der Waals surface area (Å²) in [6.07, 6.45) is 0.702. The van der Waals surface area contributed by atoms with Crippen LogP contribution in [0.5, 0.6) is 0 Å². The fourth-order valence-corrected chi connectivity index (χ4v) is 3.20. The maximum absolute atomic E-state index is 12.4. The van der Waals surface area contributed by atoms with E-state index in [0.717, 1.165) is 16.3 Å². The molecule has 0 aliphatic rings. The molecule has 1 unspecified atom stereocenters. The lowest BCUT2D eigenvalue weighted by Crippen LogP contribution is -2.45. The van der Waals surface area contributed by atoms with Crippen LogP contribution in [-0.2, 0) is 5.54 Å². The van der Waals surface area contributed by atoms with Gasteiger partial charge in [-0.05, 0) is 44.9 Å². The summed E-state index contributed by atoms with van der Waals surface area (Å²) in [5, 5.41) is 8.59. The van der Waals surface area contributed by atoms with E-state index in [1.807, 2.05) is 33.1 Å². The van der Waals surface area contributed by atoms with Crippen molar-refractivity contribution in [2.75, 3.05) is 5.32 Å². The number of carbonyl (C=O) groups is 2. The molecule has 6 nitrogen and oxygen atoms in total. The number of nitrogens with zero attached hydrogens (tertiary/aromatic N) is 1. The zero-order valence-electron chi connectivity index (χ0n) is 14.3. The summed E-state index contributed by atoms with van der Waals surface area (Å²) in [4.78, 5) is 28.2. The molecule has 1 aromatic carbocycles. The van der Waals surface area contributed by atoms with Gasteiger partial charge >= 0.3 is 6.03 Å². The maximum Gasteiger partial charge on any atom is 0.320 e. The highest BCUT2D eigenvalue weighted by Gasteiger charge is 2.29. The molecule has 7 heteroatoms. The Labute approximate surface area is 145 Å². The first kappa shape index (κ1) is 17.9. The number of urea groups is 1. The monoisotopic (exact) mass is 346 g/mol. The molecule has 0 aliphatic carbocycles. The van der Waals surface area contributed by atoms with Crippen LogP contribution in [-0.4, -0.2) is 16.9 Å². The Balaban J connectivity index is 2.18. The van der Waals surface area contributed by atoms with Gasteiger partial charge in [-0.25, -0.2) is 9.78 Å². The first-order valence-electron chi connectivity index (χ1n) is 7.67. The molecule has 2 aromatic rings. The molecular weight excluding hydrogens is 324 g/mol. The highest BCUT2D eigenvalue weighted by molar-refractivity contribution is 7.09. The van der Waals surface area contributed by atoms with Gasteiger partial charge < -0.3 is 16.4 Å². The lowest BCUT2D eigenvalue weighted by molar-refractivity contribution is 0.1000. The quantitative estimate of drug-likeness (QED) is 0.775. The molecule has 4 N–H and O–H groups in total. The van der Waals surface area contributed by atoms with Gasteiger partial charge in [0.2, 0.25) is 5.91 Å². The molecule has 1 atom stereocenters. The van der Waals surface area contributed by atoms with Crippen molar-refractivity contribution in [1.82, 2.24) is 10.3 Å². The van der Waals surface area contributed by atoms with Crippen LogP contribution in [0, 0.1) is 13.8 Å². The zero-order valence-corrected chi connectivity index (χ0v) is 15.1. The first-order valence-corrected chi connectivity index (χ1v) is 8.55. The third kappa shape index (κ3) is 3.91. The van der Waals surface area contributed by atoms with Crippen LogP contribution < -0.4 is 16.4 Å². The number of nitrogens with two attached hydrogens (primary N) is 1. The Hall–Kier alpha value is -2.41. The number of thiazole rings is 1. The van der Waals surface area contributed by atoms with E-state index in [9.17, 15) is 9.59 Å². The van der Waals surface area contributed by atoms with Crippen LogP contribution in [0.3, 0.4) is 0 Å². The summed E-state index contributed by atoms with van der Waals surface area (Å²) in [5.41, 5.74) is 7.42. The molecule has 1 heterocycles. The Kier molecular flexibility index (Phi) is 5.23. The Morgan fingerprint density at radius 2 is 2.04 bits per heavy atom. The van der Waals surface area contributed by atoms with E-state index in [0.29, 0.717) is 17.7 Å². The van der Waals surface area contributed by atoms with Crippen LogP contribution in [0.4, 0.5) is 10.5 Å². The molecule has 0 aliphatic heterocycles. The number of aromatic nitrogens is 1. The van der Waals surface area contributed by atoms with Crippen molar-refractivity contribution in [3.63, 3.8) is 0 Å². The molecule has 2 rings (SSSR count). The third-order valence-electron chi connectivity index (χ3n) is 3.96. The van der Waals surface area contributed by atoms with Gasteiger partial charge in [0.1, 0.15) is 5.01 Å². The Morgan fingerprint density at radius 3 is 2.58 bits per heavy atom. The number of hydrogen-bond acceptors (Lipinski definition) is 4. The standard InChI is InChI=1S/C17H22N4O2S/c1-5-17(4,15-19-11(3)9-24-15)21-16(23)20-13-8-12(14(18)22)7-6-10(13)2/h6-9H,5H2,1-4H3,(H2,18,22)(H2,20,21,23). The van der Waals surface area contributed by atoms with Gasteiger partial charge in [-0.1, -0.05) is 13.0 Å². The molecular formula is C17H22N4O2S. The number of amides is 3. The van der Waals surface area contributed by atoms with Crippen LogP contribution in [0.25, 0.3) is 0 Å². The second-order valence-corrected chi connectivity index (χ2v) is 6.81. The molecule has 0 fully saturated rings. The van der Waals surface area contributed by atoms with Gasteiger partial charge in [-0.3, -0.25) is 4.79 Å². The number of benzene rings is 1. The van der Waals surface area contributed by atoms with Crippen LogP contribution >= 0.6 is 11.3 Å². The minimum absolute atomic E-state index is 0.350. The van der Waals surface area contributed by atoms with Crippen molar-refractivity contribution in [3.05, 3.63) is 45.4 Å². The van der Waals surface area contributed by atoms with E-state index in [1.54, 1.807) is 18.2 Å². The summed E-state index contributed by atoms with van der Waals surface area (Å²) in [6.45, 7) is 7.71. The van der Waals surface area contributed by atoms with E-state index in [1.165, 1.54) is 11.3 Å². The van der Waals surface area contributed by atoms with Crippen molar-refractivity contribution in [2.45, 2.75) is 39.7 Å². The van der Waals surface area contributed by atoms with Gasteiger partial charge in [0.25, 0.3) is 0 Å². The molecule has 3 amide bonds. The second-order valence-electron chi connectivity index (χ2n) is 5.95. The van der Waals surface area contributed by atoms with Crippen molar-refractivity contribution < 1.29 is 9.59 Å². The zero-order chi connectivity index (χ0) is 17.9. The molecule has 128 valence electrons. The highest BCUT2D eigenvalue weighted by atomic mass is 32.1. The minimum Gasteiger partial charge on any atom is -0.366 e. The normalized spacial score (nSPS) is 13.2. The van der Waals surface area contributed by atoms with Crippen molar-refractivity contribution >= 4 is 29.0 Å². The molecule has 0 bridgehead atoms. The summed E-state index contributed by atoms with van der Waals surface area (Å²) >= 11 is 1.52. The fourth-order valence-electron chi connectivity index (χ4n) is 2.21. The van der Waals surface area contributed by atoms with Crippen molar-refractivity contribution in [2.24, 2.45) is 5.73 Å². The topological polar surface area (TPSA) is 97.1 Å². The van der Waals surface area contributed by atoms with Crippen LogP contribution in [0.2, 0.25) is 0 Å². The number of carbonyl (C=O) groups excluding carboxylic acids is 2. The van der Waals surface area contributed by atoms with E-state index in [4.69, 9.17) is 5.73 Å². The molecule has 0 spiro atoms. The number of rotatable bonds is 5. The molecule has 24 heavy (non-hydrogen) atoms. The number of primary amides is 1. The van der Waals surface area contributed by atoms with Gasteiger partial charge in [-0.15, -0.1) is 11.3 Å². The average molecular weight is 346 g/mol. The number of nitrogens with one attached hydrogen (secondary N) is 2. The summed E-state index contributed by atoms with van der Waals surface area (Å²) < 4.78 is 0. The van der Waals surface area contributed by atoms with Crippen molar-refractivity contribution in [1.29, 1.82) is 0 Å². The number of anilines is 1. The minimum atomic E-state index is -0.557. The third-order valence-corrected chi connectivity index (χ3v) is 5.18. The van der Waals surface area contributed by atoms with Crippen LogP contribution in [0.15, 0.2) is 23.6 Å². The van der Waals surface area contributed by atoms with Gasteiger partial charge in [0.05, 0.1) is 5.54 Å². The number of aryl methyl sites for hydroxylation is 2. The van der Waals surface area contributed by atoms with E-state index < -0.39 is 11.4 Å². The highest BCUT2D eigenvalue weighted by Crippen LogP contribution is 2.28. The SMILES string of the molecule is CCC(C)(NC(=O)Nc1cc(C(N)=O)ccc1C)c1nc(C)cs1. The Morgan fingerprint density at radius 1 is 1.33 bits per heavy atom. The summed E-state index contributed by atoms with van der Waals surface area (Å²) in [6, 6.07) is 4.61. The predicted molar refractivity (Wildman–Crippen MR) is 96.3 cm³/mol. The van der Waals surface area contributed by atoms with E-state index >= 15 is 0 Å². The van der Waals surface area contributed by atoms with Gasteiger partial charge in [0, 0.05) is 22.3 Å². The molecule has 0 saturated carbocycles. The average Bonchev–Trinajstić information content (AvgIpc) is 2.96. The molecule has 0 radical (unpaired) electrons. The molecule has 0 saturated heterocycles. The van der Waals surface area contributed by atoms with Gasteiger partial charge in [0.15, 0.2) is 0 Å². The molecule has 1 aromatic heterocycles. The second kappa shape index (κ2) is 7.00. The summed E-state index contributed by atoms with van der Waals surface area (Å²) in [5.74, 6) is -0.532. The van der Waals surface area contributed by atoms with E-state index in [2.05, 4.69) is 15.6 Å². The fraction of sp³-hybridized carbons (Fsp3) is 0.353. The maximum atomic E-state index is 12.4. The lowest BCUT2D eigenvalue weighted by Gasteiger charge is -2.27. The van der Waals surface area contributed by atoms with Crippen molar-refractivity contribution in [3.8, 4) is 0 Å².